The molecule has 3 unspecified atom stereocenters. The van der Waals surface area contributed by atoms with Crippen LogP contribution in [0.5, 0.6) is 0 Å². The van der Waals surface area contributed by atoms with Gasteiger partial charge in [0.05, 0.1) is 18.7 Å². The minimum Gasteiger partial charge on any atom is -0.352 e. The number of nitrogens with zero attached hydrogens (tertiary/aromatic N) is 1. The first kappa shape index (κ1) is 44.0. The Morgan fingerprint density at radius 1 is 0.846 bits per heavy atom. The number of amides is 6. The number of hydrogen-bond donors (Lipinski definition) is 5. The van der Waals surface area contributed by atoms with Crippen LogP contribution in [0.15, 0.2) is 24.3 Å². The monoisotopic (exact) mass is 738 g/mol. The predicted octanol–water partition coefficient (Wildman–Crippen LogP) is 4.22. The van der Waals surface area contributed by atoms with E-state index in [1.165, 1.54) is 18.7 Å². The molecule has 3 atom stereocenters. The first-order valence-electron chi connectivity index (χ1n) is 18.3. The molecule has 1 heterocycles. The molecule has 292 valence electrons. The summed E-state index contributed by atoms with van der Waals surface area (Å²) in [6, 6.07) is 1.77. The zero-order valence-corrected chi connectivity index (χ0v) is 31.3. The average Bonchev–Trinajstić information content (AvgIpc) is 3.56. The Kier molecular flexibility index (Phi) is 17.6. The van der Waals surface area contributed by atoms with E-state index >= 15 is 0 Å². The molecule has 1 fully saturated rings. The van der Waals surface area contributed by atoms with Gasteiger partial charge >= 0.3 is 6.18 Å². The molecule has 1 aliphatic rings. The van der Waals surface area contributed by atoms with E-state index in [2.05, 4.69) is 33.5 Å². The minimum atomic E-state index is -4.56. The van der Waals surface area contributed by atoms with E-state index in [1.807, 2.05) is 20.8 Å². The third-order valence-electron chi connectivity index (χ3n) is 8.84. The number of unbranched alkanes of at least 4 members (excludes halogenated alkanes) is 5. The van der Waals surface area contributed by atoms with Crippen LogP contribution in [0.4, 0.5) is 13.2 Å². The molecule has 0 radical (unpaired) electrons. The lowest BCUT2D eigenvalue weighted by atomic mass is 10.0. The summed E-state index contributed by atoms with van der Waals surface area (Å²) in [7, 11) is 0. The second kappa shape index (κ2) is 20.8. The molecular formula is C37H57F3N6O6. The van der Waals surface area contributed by atoms with Crippen molar-refractivity contribution in [3.8, 4) is 0 Å². The molecule has 0 bridgehead atoms. The van der Waals surface area contributed by atoms with Crippen molar-refractivity contribution in [3.63, 3.8) is 0 Å². The summed E-state index contributed by atoms with van der Waals surface area (Å²) in [5, 5.41) is 13.2. The fourth-order valence-corrected chi connectivity index (χ4v) is 6.13. The lowest BCUT2D eigenvalue weighted by Gasteiger charge is -2.27. The van der Waals surface area contributed by atoms with E-state index < -0.39 is 65.4 Å². The van der Waals surface area contributed by atoms with Crippen LogP contribution in [-0.2, 0) is 30.1 Å². The van der Waals surface area contributed by atoms with Crippen molar-refractivity contribution < 1.29 is 41.9 Å². The van der Waals surface area contributed by atoms with Gasteiger partial charge in [-0.15, -0.1) is 0 Å². The maximum absolute atomic E-state index is 13.5. The summed E-state index contributed by atoms with van der Waals surface area (Å²) in [4.78, 5) is 79.2. The zero-order chi connectivity index (χ0) is 39.1. The molecule has 15 heteroatoms. The normalized spacial score (nSPS) is 15.8. The Morgan fingerprint density at radius 3 is 2.08 bits per heavy atom. The largest absolute Gasteiger partial charge is 0.416 e. The van der Waals surface area contributed by atoms with E-state index in [4.69, 9.17) is 0 Å². The van der Waals surface area contributed by atoms with Crippen molar-refractivity contribution in [2.45, 2.75) is 136 Å². The second-order valence-corrected chi connectivity index (χ2v) is 14.5. The topological polar surface area (TPSA) is 166 Å². The number of hydrogen-bond acceptors (Lipinski definition) is 6. The van der Waals surface area contributed by atoms with Gasteiger partial charge in [0.2, 0.25) is 29.5 Å². The van der Waals surface area contributed by atoms with Gasteiger partial charge in [0.25, 0.3) is 5.91 Å². The van der Waals surface area contributed by atoms with Crippen molar-refractivity contribution in [3.05, 3.63) is 35.4 Å². The van der Waals surface area contributed by atoms with E-state index in [0.29, 0.717) is 25.2 Å². The molecule has 5 N–H and O–H groups in total. The maximum Gasteiger partial charge on any atom is 0.416 e. The number of carbonyl (C=O) groups is 6. The SMILES string of the molecule is CCCCCCCCC(NC(=O)C1CCCN1C(=O)c1ccc(C(F)(F)F)cc1)C(=O)NCC(=O)NC(C)(C)C(=O)NCC(=O)NC(C)CC(C)C. The van der Waals surface area contributed by atoms with Crippen molar-refractivity contribution in [1.82, 2.24) is 31.5 Å². The molecule has 0 aliphatic carbocycles. The Balaban J connectivity index is 2.01. The molecule has 6 amide bonds. The van der Waals surface area contributed by atoms with Crippen LogP contribution in [0.1, 0.15) is 122 Å². The highest BCUT2D eigenvalue weighted by molar-refractivity contribution is 5.99. The molecule has 1 aromatic rings. The Morgan fingerprint density at radius 2 is 1.46 bits per heavy atom. The Labute approximate surface area is 305 Å². The van der Waals surface area contributed by atoms with Gasteiger partial charge in [0.1, 0.15) is 17.6 Å². The molecule has 2 rings (SSSR count). The van der Waals surface area contributed by atoms with Crippen LogP contribution in [0.2, 0.25) is 0 Å². The first-order valence-corrected chi connectivity index (χ1v) is 18.3. The highest BCUT2D eigenvalue weighted by atomic mass is 19.4. The Hall–Kier alpha value is -4.17. The van der Waals surface area contributed by atoms with E-state index in [-0.39, 0.29) is 37.0 Å². The van der Waals surface area contributed by atoms with Gasteiger partial charge < -0.3 is 31.5 Å². The molecule has 12 nitrogen and oxygen atoms in total. The molecule has 0 saturated carbocycles. The number of rotatable bonds is 20. The van der Waals surface area contributed by atoms with E-state index in [1.54, 1.807) is 0 Å². The lowest BCUT2D eigenvalue weighted by molar-refractivity contribution is -0.137. The number of alkyl halides is 3. The Bertz CT molecular complexity index is 1370. The van der Waals surface area contributed by atoms with Crippen molar-refractivity contribution in [2.75, 3.05) is 19.6 Å². The standard InChI is InChI=1S/C37H57F3N6O6/c1-7-8-9-10-11-12-14-28(44-33(50)29-15-13-20-46(29)34(51)26-16-18-27(19-17-26)37(38,39)40)32(49)41-23-31(48)45-36(5,6)35(52)42-22-30(47)43-25(4)21-24(2)3/h16-19,24-25,28-29H,7-15,20-23H2,1-6H3,(H,41,49)(H,42,52)(H,43,47)(H,44,50)(H,45,48). The van der Waals surface area contributed by atoms with Crippen LogP contribution in [0.25, 0.3) is 0 Å². The van der Waals surface area contributed by atoms with E-state index in [9.17, 15) is 41.9 Å². The van der Waals surface area contributed by atoms with Crippen molar-refractivity contribution in [1.29, 1.82) is 0 Å². The molecule has 52 heavy (non-hydrogen) atoms. The molecule has 1 saturated heterocycles. The average molecular weight is 739 g/mol. The number of nitrogens with one attached hydrogen (secondary N) is 5. The van der Waals surface area contributed by atoms with Gasteiger partial charge in [-0.3, -0.25) is 28.8 Å². The highest BCUT2D eigenvalue weighted by Gasteiger charge is 2.37. The summed E-state index contributed by atoms with van der Waals surface area (Å²) in [5.74, 6) is -3.03. The van der Waals surface area contributed by atoms with Gasteiger partial charge in [0, 0.05) is 18.2 Å². The summed E-state index contributed by atoms with van der Waals surface area (Å²) in [6.45, 7) is 10.4. The predicted molar refractivity (Wildman–Crippen MR) is 191 cm³/mol. The number of carbonyl (C=O) groups excluding carboxylic acids is 6. The molecule has 1 aliphatic heterocycles. The summed E-state index contributed by atoms with van der Waals surface area (Å²) in [5.41, 5.74) is -2.30. The van der Waals surface area contributed by atoms with E-state index in [0.717, 1.165) is 62.8 Å². The summed E-state index contributed by atoms with van der Waals surface area (Å²) in [6.07, 6.45) is 2.87. The molecular weight excluding hydrogens is 681 g/mol. The third kappa shape index (κ3) is 14.8. The van der Waals surface area contributed by atoms with Crippen LogP contribution in [0, 0.1) is 5.92 Å². The molecule has 0 spiro atoms. The first-order chi connectivity index (χ1) is 24.3. The summed E-state index contributed by atoms with van der Waals surface area (Å²) < 4.78 is 39.1. The van der Waals surface area contributed by atoms with Crippen LogP contribution in [-0.4, -0.2) is 83.6 Å². The number of likely N-dealkylation sites (tertiary alicyclic amines) is 1. The number of benzene rings is 1. The lowest BCUT2D eigenvalue weighted by Crippen LogP contribution is -2.58. The minimum absolute atomic E-state index is 0.0104. The second-order valence-electron chi connectivity index (χ2n) is 14.5. The maximum atomic E-state index is 13.5. The van der Waals surface area contributed by atoms with Gasteiger partial charge in [-0.2, -0.15) is 13.2 Å². The molecule has 1 aromatic carbocycles. The van der Waals surface area contributed by atoms with Gasteiger partial charge in [0.15, 0.2) is 0 Å². The fourth-order valence-electron chi connectivity index (χ4n) is 6.13. The van der Waals surface area contributed by atoms with Crippen molar-refractivity contribution in [2.24, 2.45) is 5.92 Å². The quantitative estimate of drug-likeness (QED) is 0.126. The highest BCUT2D eigenvalue weighted by Crippen LogP contribution is 2.30. The summed E-state index contributed by atoms with van der Waals surface area (Å²) >= 11 is 0. The van der Waals surface area contributed by atoms with Crippen molar-refractivity contribution >= 4 is 35.4 Å². The van der Waals surface area contributed by atoms with Gasteiger partial charge in [-0.1, -0.05) is 59.3 Å². The van der Waals surface area contributed by atoms with Crippen LogP contribution < -0.4 is 26.6 Å². The van der Waals surface area contributed by atoms with Gasteiger partial charge in [-0.05, 0) is 76.6 Å². The molecule has 0 aromatic heterocycles. The van der Waals surface area contributed by atoms with Gasteiger partial charge in [-0.25, -0.2) is 0 Å². The third-order valence-corrected chi connectivity index (χ3v) is 8.84. The fraction of sp³-hybridized carbons (Fsp3) is 0.676. The zero-order valence-electron chi connectivity index (χ0n) is 31.3. The smallest absolute Gasteiger partial charge is 0.352 e. The van der Waals surface area contributed by atoms with Crippen LogP contribution in [0.3, 0.4) is 0 Å². The van der Waals surface area contributed by atoms with Crippen LogP contribution >= 0.6 is 0 Å². The number of halogens is 3.